The van der Waals surface area contributed by atoms with E-state index < -0.39 is 140 Å². The second-order valence-electron chi connectivity index (χ2n) is 14.7. The SMILES string of the molecule is CCCC[C@H](N)C(=O)N[C@@H](CCC(=O)O)C(=O)N[C@@H](CCC(=O)O)C(=O)N[C@@H](CCC(=O)O)C(=O)N[C@@H](CCCCN)C(=O)N[C@@H](Cc1ccc(O)cc1)C(=O)N[C@@H](CS)C(N)=O. The monoisotopic (exact) mass is 911 g/mol. The molecule has 0 saturated heterocycles. The van der Waals surface area contributed by atoms with Crippen LogP contribution in [0.4, 0.5) is 0 Å². The first-order valence-corrected chi connectivity index (χ1v) is 21.0. The zero-order valence-corrected chi connectivity index (χ0v) is 35.9. The van der Waals surface area contributed by atoms with E-state index in [1.165, 1.54) is 24.3 Å². The van der Waals surface area contributed by atoms with E-state index in [0.29, 0.717) is 24.8 Å². The van der Waals surface area contributed by atoms with E-state index in [4.69, 9.17) is 17.2 Å². The number of nitrogens with two attached hydrogens (primary N) is 3. The Bertz CT molecular complexity index is 1740. The summed E-state index contributed by atoms with van der Waals surface area (Å²) in [6.45, 7) is 2.06. The van der Waals surface area contributed by atoms with Crippen LogP contribution in [-0.4, -0.2) is 134 Å². The highest BCUT2D eigenvalue weighted by molar-refractivity contribution is 7.80. The number of benzene rings is 1. The Labute approximate surface area is 369 Å². The first-order valence-electron chi connectivity index (χ1n) is 20.3. The van der Waals surface area contributed by atoms with E-state index in [1.54, 1.807) is 0 Å². The van der Waals surface area contributed by atoms with Crippen molar-refractivity contribution in [3.63, 3.8) is 0 Å². The van der Waals surface area contributed by atoms with Gasteiger partial charge >= 0.3 is 17.9 Å². The summed E-state index contributed by atoms with van der Waals surface area (Å²) in [6, 6.07) is -4.47. The van der Waals surface area contributed by atoms with Crippen molar-refractivity contribution in [1.82, 2.24) is 31.9 Å². The Morgan fingerprint density at radius 3 is 1.32 bits per heavy atom. The Hall–Kier alpha value is -6.01. The van der Waals surface area contributed by atoms with Gasteiger partial charge in [-0.15, -0.1) is 0 Å². The van der Waals surface area contributed by atoms with Crippen LogP contribution < -0.4 is 49.1 Å². The third kappa shape index (κ3) is 22.1. The average molecular weight is 912 g/mol. The molecule has 23 nitrogen and oxygen atoms in total. The van der Waals surface area contributed by atoms with Gasteiger partial charge < -0.3 is 69.5 Å². The van der Waals surface area contributed by atoms with Crippen molar-refractivity contribution in [2.24, 2.45) is 17.2 Å². The summed E-state index contributed by atoms with van der Waals surface area (Å²) in [5.74, 6) is -11.2. The second-order valence-corrected chi connectivity index (χ2v) is 15.0. The highest BCUT2D eigenvalue weighted by atomic mass is 32.1. The standard InChI is InChI=1S/C39H61N9O14S/c1-2-3-6-23(41)34(57)43-25(12-15-30(50)51)36(59)45-27(14-17-32(54)55)38(61)46-26(13-16-31(52)53)37(60)44-24(7-4-5-18-40)35(58)47-28(19-21-8-10-22(49)11-9-21)39(62)48-29(20-63)33(42)56/h8-11,23-29,49,63H,2-7,12-20,40-41H2,1H3,(H2,42,56)(H,43,57)(H,44,60)(H,45,59)(H,46,61)(H,47,58)(H,48,62)(H,50,51)(H,52,53)(H,54,55)/t23-,24-,25-,26-,27-,28-,29-/m0/s1. The van der Waals surface area contributed by atoms with E-state index in [2.05, 4.69) is 44.5 Å². The number of carbonyl (C=O) groups excluding carboxylic acids is 7. The number of hydrogen-bond donors (Lipinski definition) is 14. The van der Waals surface area contributed by atoms with Gasteiger partial charge in [0.05, 0.1) is 6.04 Å². The topological polar surface area (TPSA) is 402 Å². The van der Waals surface area contributed by atoms with Gasteiger partial charge in [0.15, 0.2) is 0 Å². The van der Waals surface area contributed by atoms with Crippen molar-refractivity contribution in [2.75, 3.05) is 12.3 Å². The molecule has 0 radical (unpaired) electrons. The minimum atomic E-state index is -1.73. The number of carboxylic acids is 3. The number of aliphatic carboxylic acids is 3. The fourth-order valence-corrected chi connectivity index (χ4v) is 6.12. The molecule has 0 fully saturated rings. The Morgan fingerprint density at radius 2 is 0.937 bits per heavy atom. The number of rotatable bonds is 32. The summed E-state index contributed by atoms with van der Waals surface area (Å²) >= 11 is 4.03. The molecule has 0 unspecified atom stereocenters. The maximum atomic E-state index is 13.9. The molecule has 352 valence electrons. The molecule has 0 aliphatic heterocycles. The van der Waals surface area contributed by atoms with Gasteiger partial charge in [-0.25, -0.2) is 0 Å². The summed E-state index contributed by atoms with van der Waals surface area (Å²) in [4.78, 5) is 128. The molecule has 7 atom stereocenters. The maximum Gasteiger partial charge on any atom is 0.303 e. The van der Waals surface area contributed by atoms with Crippen molar-refractivity contribution in [3.05, 3.63) is 29.8 Å². The van der Waals surface area contributed by atoms with E-state index in [9.17, 15) is 68.4 Å². The van der Waals surface area contributed by atoms with Crippen molar-refractivity contribution in [2.45, 2.75) is 133 Å². The Balaban J connectivity index is 3.49. The average Bonchev–Trinajstić information content (AvgIpc) is 3.22. The molecule has 0 heterocycles. The van der Waals surface area contributed by atoms with Crippen molar-refractivity contribution >= 4 is 71.9 Å². The smallest absolute Gasteiger partial charge is 0.303 e. The van der Waals surface area contributed by atoms with E-state index >= 15 is 0 Å². The minimum Gasteiger partial charge on any atom is -0.508 e. The lowest BCUT2D eigenvalue weighted by Gasteiger charge is -2.27. The van der Waals surface area contributed by atoms with Crippen LogP contribution in [-0.2, 0) is 54.4 Å². The number of phenols is 1. The molecule has 7 amide bonds. The molecule has 0 bridgehead atoms. The molecule has 0 aromatic heterocycles. The molecule has 0 saturated carbocycles. The van der Waals surface area contributed by atoms with Crippen molar-refractivity contribution < 1.29 is 68.4 Å². The van der Waals surface area contributed by atoms with Gasteiger partial charge in [-0.05, 0) is 69.2 Å². The first kappa shape index (κ1) is 55.0. The predicted octanol–water partition coefficient (Wildman–Crippen LogP) is -2.50. The number of thiol groups is 1. The number of unbranched alkanes of at least 4 members (excludes halogenated alkanes) is 2. The predicted molar refractivity (Wildman–Crippen MR) is 227 cm³/mol. The largest absolute Gasteiger partial charge is 0.508 e. The quantitative estimate of drug-likeness (QED) is 0.0262. The molecule has 0 aliphatic carbocycles. The molecular formula is C39H61N9O14S. The number of phenolic OH excluding ortho intramolecular Hbond substituents is 1. The molecule has 0 spiro atoms. The summed E-state index contributed by atoms with van der Waals surface area (Å²) in [6.07, 6.45) is -1.68. The van der Waals surface area contributed by atoms with Crippen LogP contribution in [0.15, 0.2) is 24.3 Å². The third-order valence-corrected chi connectivity index (χ3v) is 9.84. The van der Waals surface area contributed by atoms with Gasteiger partial charge in [-0.3, -0.25) is 47.9 Å². The number of carboxylic acid groups (broad SMARTS) is 3. The lowest BCUT2D eigenvalue weighted by molar-refractivity contribution is -0.140. The zero-order valence-electron chi connectivity index (χ0n) is 35.0. The molecule has 1 rings (SSSR count). The first-order chi connectivity index (χ1) is 29.7. The van der Waals surface area contributed by atoms with E-state index in [1.807, 2.05) is 6.92 Å². The normalized spacial score (nSPS) is 14.2. The number of primary amides is 1. The molecule has 1 aromatic carbocycles. The lowest BCUT2D eigenvalue weighted by Crippen LogP contribution is -2.60. The summed E-state index contributed by atoms with van der Waals surface area (Å²) in [7, 11) is 0. The lowest BCUT2D eigenvalue weighted by atomic mass is 10.0. The summed E-state index contributed by atoms with van der Waals surface area (Å²) in [5.41, 5.74) is 17.4. The fraction of sp³-hybridized carbons (Fsp3) is 0.590. The number of nitrogens with one attached hydrogen (secondary N) is 6. The van der Waals surface area contributed by atoms with Gasteiger partial charge in [-0.2, -0.15) is 12.6 Å². The second kappa shape index (κ2) is 29.3. The molecule has 0 aliphatic rings. The fourth-order valence-electron chi connectivity index (χ4n) is 5.85. The molecule has 16 N–H and O–H groups in total. The van der Waals surface area contributed by atoms with Gasteiger partial charge in [0.2, 0.25) is 41.4 Å². The number of amides is 7. The molecule has 1 aromatic rings. The van der Waals surface area contributed by atoms with Crippen LogP contribution in [0.25, 0.3) is 0 Å². The van der Waals surface area contributed by atoms with Gasteiger partial charge in [0, 0.05) is 31.4 Å². The highest BCUT2D eigenvalue weighted by Crippen LogP contribution is 2.13. The summed E-state index contributed by atoms with van der Waals surface area (Å²) in [5, 5.41) is 52.2. The molecule has 63 heavy (non-hydrogen) atoms. The van der Waals surface area contributed by atoms with Crippen molar-refractivity contribution in [1.29, 1.82) is 0 Å². The van der Waals surface area contributed by atoms with Crippen LogP contribution in [0.1, 0.15) is 89.5 Å². The van der Waals surface area contributed by atoms with E-state index in [0.717, 1.165) is 0 Å². The van der Waals surface area contributed by atoms with E-state index in [-0.39, 0.29) is 43.7 Å². The summed E-state index contributed by atoms with van der Waals surface area (Å²) < 4.78 is 0. The van der Waals surface area contributed by atoms with Crippen LogP contribution in [0.2, 0.25) is 0 Å². The number of aromatic hydroxyl groups is 1. The van der Waals surface area contributed by atoms with Gasteiger partial charge in [0.25, 0.3) is 0 Å². The Kier molecular flexibility index (Phi) is 25.6. The Morgan fingerprint density at radius 1 is 0.556 bits per heavy atom. The van der Waals surface area contributed by atoms with Gasteiger partial charge in [-0.1, -0.05) is 31.9 Å². The van der Waals surface area contributed by atoms with Crippen LogP contribution in [0.5, 0.6) is 5.75 Å². The number of carbonyl (C=O) groups is 10. The molecule has 24 heteroatoms. The molecular weight excluding hydrogens is 851 g/mol. The zero-order chi connectivity index (χ0) is 47.6. The maximum absolute atomic E-state index is 13.9. The minimum absolute atomic E-state index is 0.0781. The van der Waals surface area contributed by atoms with Crippen LogP contribution in [0.3, 0.4) is 0 Å². The third-order valence-electron chi connectivity index (χ3n) is 9.48. The number of hydrogen-bond acceptors (Lipinski definition) is 14. The highest BCUT2D eigenvalue weighted by Gasteiger charge is 2.34. The van der Waals surface area contributed by atoms with Gasteiger partial charge in [0.1, 0.15) is 42.0 Å². The van der Waals surface area contributed by atoms with Crippen LogP contribution in [0, 0.1) is 0 Å². The van der Waals surface area contributed by atoms with Crippen molar-refractivity contribution in [3.8, 4) is 5.75 Å². The van der Waals surface area contributed by atoms with Crippen LogP contribution >= 0.6 is 12.6 Å².